The molecule has 1 aromatic carbocycles. The number of benzene rings is 1. The van der Waals surface area contributed by atoms with Crippen LogP contribution in [0.3, 0.4) is 0 Å². The Hall–Kier alpha value is -4.07. The summed E-state index contributed by atoms with van der Waals surface area (Å²) in [5.74, 6) is -0.360. The number of nitrogens with zero attached hydrogens (tertiary/aromatic N) is 2. The van der Waals surface area contributed by atoms with Crippen molar-refractivity contribution in [2.24, 2.45) is 5.92 Å². The second-order valence-electron chi connectivity index (χ2n) is 7.94. The maximum atomic E-state index is 12.8. The Morgan fingerprint density at radius 2 is 1.94 bits per heavy atom. The molecular formula is C25H26N4O4. The standard InChI is InChI=1S/C25H26N4O4/c1-3-16(2)21(25(31)32)28-24(30)18-11-12-29-20(14-18)27-22(19-10-7-13-33-19)23(29)26-15-17-8-5-4-6-9-17/h4-14,16,21,26H,3,15H2,1-2H3,(H,28,30)(H,31,32). The van der Waals surface area contributed by atoms with Gasteiger partial charge in [-0.05, 0) is 35.7 Å². The van der Waals surface area contributed by atoms with Crippen molar-refractivity contribution in [3.63, 3.8) is 0 Å². The number of hydrogen-bond acceptors (Lipinski definition) is 5. The summed E-state index contributed by atoms with van der Waals surface area (Å²) in [6.07, 6.45) is 3.97. The summed E-state index contributed by atoms with van der Waals surface area (Å²) in [4.78, 5) is 29.1. The van der Waals surface area contributed by atoms with Crippen molar-refractivity contribution < 1.29 is 19.1 Å². The molecule has 4 rings (SSSR count). The van der Waals surface area contributed by atoms with Crippen LogP contribution in [0, 0.1) is 5.92 Å². The number of fused-ring (bicyclic) bond motifs is 1. The SMILES string of the molecule is CCC(C)C(NC(=O)c1ccn2c(NCc3ccccc3)c(-c3ccco3)nc2c1)C(=O)O. The zero-order valence-corrected chi connectivity index (χ0v) is 18.5. The van der Waals surface area contributed by atoms with E-state index in [-0.39, 0.29) is 5.92 Å². The molecule has 0 aliphatic rings. The van der Waals surface area contributed by atoms with Gasteiger partial charge in [0.25, 0.3) is 5.91 Å². The van der Waals surface area contributed by atoms with Crippen LogP contribution in [-0.4, -0.2) is 32.4 Å². The average molecular weight is 447 g/mol. The van der Waals surface area contributed by atoms with Crippen LogP contribution < -0.4 is 10.6 Å². The molecule has 0 aliphatic heterocycles. The van der Waals surface area contributed by atoms with E-state index in [2.05, 4.69) is 15.6 Å². The number of carbonyl (C=O) groups is 2. The van der Waals surface area contributed by atoms with Crippen LogP contribution >= 0.6 is 0 Å². The lowest BCUT2D eigenvalue weighted by Crippen LogP contribution is -2.45. The monoisotopic (exact) mass is 446 g/mol. The summed E-state index contributed by atoms with van der Waals surface area (Å²) in [6.45, 7) is 4.28. The van der Waals surface area contributed by atoms with Crippen LogP contribution in [0.5, 0.6) is 0 Å². The van der Waals surface area contributed by atoms with Gasteiger partial charge in [0.15, 0.2) is 5.76 Å². The highest BCUT2D eigenvalue weighted by molar-refractivity contribution is 5.97. The molecule has 0 bridgehead atoms. The summed E-state index contributed by atoms with van der Waals surface area (Å²) >= 11 is 0. The highest BCUT2D eigenvalue weighted by atomic mass is 16.4. The third kappa shape index (κ3) is 4.74. The number of nitrogens with one attached hydrogen (secondary N) is 2. The maximum Gasteiger partial charge on any atom is 0.326 e. The van der Waals surface area contributed by atoms with Crippen molar-refractivity contribution in [3.8, 4) is 11.5 Å². The quantitative estimate of drug-likeness (QED) is 0.351. The number of carbonyl (C=O) groups excluding carboxylic acids is 1. The number of amides is 1. The van der Waals surface area contributed by atoms with E-state index in [1.165, 1.54) is 0 Å². The molecule has 2 unspecified atom stereocenters. The minimum Gasteiger partial charge on any atom is -0.480 e. The molecule has 3 aromatic heterocycles. The maximum absolute atomic E-state index is 12.8. The number of anilines is 1. The Bertz CT molecular complexity index is 1250. The number of imidazole rings is 1. The van der Waals surface area contributed by atoms with Crippen LogP contribution in [0.15, 0.2) is 71.5 Å². The van der Waals surface area contributed by atoms with Gasteiger partial charge in [-0.1, -0.05) is 50.6 Å². The van der Waals surface area contributed by atoms with E-state index in [0.29, 0.717) is 35.6 Å². The van der Waals surface area contributed by atoms with Crippen LogP contribution in [0.1, 0.15) is 36.2 Å². The largest absolute Gasteiger partial charge is 0.480 e. The van der Waals surface area contributed by atoms with Gasteiger partial charge in [0.2, 0.25) is 0 Å². The lowest BCUT2D eigenvalue weighted by atomic mass is 9.99. The van der Waals surface area contributed by atoms with Gasteiger partial charge in [0.05, 0.1) is 6.26 Å². The van der Waals surface area contributed by atoms with Crippen molar-refractivity contribution >= 4 is 23.3 Å². The van der Waals surface area contributed by atoms with E-state index >= 15 is 0 Å². The lowest BCUT2D eigenvalue weighted by molar-refractivity contribution is -0.140. The van der Waals surface area contributed by atoms with E-state index in [4.69, 9.17) is 4.42 Å². The van der Waals surface area contributed by atoms with E-state index in [9.17, 15) is 14.7 Å². The first-order chi connectivity index (χ1) is 16.0. The van der Waals surface area contributed by atoms with Crippen molar-refractivity contribution in [2.75, 3.05) is 5.32 Å². The molecule has 8 nitrogen and oxygen atoms in total. The second-order valence-corrected chi connectivity index (χ2v) is 7.94. The summed E-state index contributed by atoms with van der Waals surface area (Å²) < 4.78 is 7.42. The molecule has 4 aromatic rings. The zero-order valence-electron chi connectivity index (χ0n) is 18.5. The fraction of sp³-hybridized carbons (Fsp3) is 0.240. The third-order valence-electron chi connectivity index (χ3n) is 5.71. The topological polar surface area (TPSA) is 109 Å². The van der Waals surface area contributed by atoms with E-state index in [1.807, 2.05) is 47.7 Å². The van der Waals surface area contributed by atoms with Gasteiger partial charge in [-0.25, -0.2) is 9.78 Å². The van der Waals surface area contributed by atoms with Gasteiger partial charge >= 0.3 is 5.97 Å². The lowest BCUT2D eigenvalue weighted by Gasteiger charge is -2.20. The van der Waals surface area contributed by atoms with Crippen molar-refractivity contribution in [2.45, 2.75) is 32.9 Å². The summed E-state index contributed by atoms with van der Waals surface area (Å²) in [7, 11) is 0. The Balaban J connectivity index is 1.66. The molecule has 3 heterocycles. The van der Waals surface area contributed by atoms with E-state index in [0.717, 1.165) is 11.4 Å². The van der Waals surface area contributed by atoms with Gasteiger partial charge in [0, 0.05) is 18.3 Å². The average Bonchev–Trinajstić information content (AvgIpc) is 3.48. The van der Waals surface area contributed by atoms with Crippen molar-refractivity contribution in [1.29, 1.82) is 0 Å². The number of furan rings is 1. The van der Waals surface area contributed by atoms with Gasteiger partial charge in [-0.3, -0.25) is 9.20 Å². The number of carboxylic acids is 1. The van der Waals surface area contributed by atoms with Crippen LogP contribution in [0.4, 0.5) is 5.82 Å². The van der Waals surface area contributed by atoms with Crippen LogP contribution in [0.25, 0.3) is 17.1 Å². The Labute approximate surface area is 191 Å². The molecule has 0 saturated carbocycles. The minimum atomic E-state index is -1.05. The van der Waals surface area contributed by atoms with Crippen molar-refractivity contribution in [1.82, 2.24) is 14.7 Å². The molecule has 3 N–H and O–H groups in total. The summed E-state index contributed by atoms with van der Waals surface area (Å²) in [5.41, 5.74) is 2.61. The van der Waals surface area contributed by atoms with Gasteiger partial charge < -0.3 is 20.2 Å². The Morgan fingerprint density at radius 1 is 1.15 bits per heavy atom. The molecule has 0 saturated heterocycles. The number of aliphatic carboxylic acids is 1. The molecular weight excluding hydrogens is 420 g/mol. The molecule has 1 amide bonds. The number of hydrogen-bond donors (Lipinski definition) is 3. The number of pyridine rings is 1. The summed E-state index contributed by atoms with van der Waals surface area (Å²) in [6, 6.07) is 15.9. The molecule has 8 heteroatoms. The highest BCUT2D eigenvalue weighted by Gasteiger charge is 2.26. The van der Waals surface area contributed by atoms with Crippen molar-refractivity contribution in [3.05, 3.63) is 78.2 Å². The Kier molecular flexibility index (Phi) is 6.44. The third-order valence-corrected chi connectivity index (χ3v) is 5.71. The second kappa shape index (κ2) is 9.60. The minimum absolute atomic E-state index is 0.194. The molecule has 33 heavy (non-hydrogen) atoms. The smallest absolute Gasteiger partial charge is 0.326 e. The normalized spacial score (nSPS) is 12.9. The molecule has 0 aliphatic carbocycles. The number of carboxylic acid groups (broad SMARTS) is 1. The Morgan fingerprint density at radius 3 is 2.61 bits per heavy atom. The molecule has 0 radical (unpaired) electrons. The van der Waals surface area contributed by atoms with E-state index < -0.39 is 17.9 Å². The molecule has 0 spiro atoms. The fourth-order valence-electron chi connectivity index (χ4n) is 3.63. The summed E-state index contributed by atoms with van der Waals surface area (Å²) in [5, 5.41) is 15.5. The van der Waals surface area contributed by atoms with Gasteiger partial charge in [0.1, 0.15) is 23.2 Å². The predicted octanol–water partition coefficient (Wildman–Crippen LogP) is 4.44. The molecule has 170 valence electrons. The van der Waals surface area contributed by atoms with Crippen LogP contribution in [-0.2, 0) is 11.3 Å². The first kappa shape index (κ1) is 22.1. The van der Waals surface area contributed by atoms with E-state index in [1.54, 1.807) is 37.6 Å². The fourth-order valence-corrected chi connectivity index (χ4v) is 3.63. The van der Waals surface area contributed by atoms with Crippen LogP contribution in [0.2, 0.25) is 0 Å². The highest BCUT2D eigenvalue weighted by Crippen LogP contribution is 2.30. The van der Waals surface area contributed by atoms with Gasteiger partial charge in [-0.15, -0.1) is 0 Å². The number of rotatable bonds is 9. The molecule has 0 fully saturated rings. The zero-order chi connectivity index (χ0) is 23.4. The first-order valence-electron chi connectivity index (χ1n) is 10.9. The predicted molar refractivity (Wildman–Crippen MR) is 125 cm³/mol. The number of aromatic nitrogens is 2. The van der Waals surface area contributed by atoms with Gasteiger partial charge in [-0.2, -0.15) is 0 Å². The first-order valence-corrected chi connectivity index (χ1v) is 10.9. The molecule has 2 atom stereocenters.